The van der Waals surface area contributed by atoms with Gasteiger partial charge in [-0.3, -0.25) is 10.1 Å². The fraction of sp³-hybridized carbons (Fsp3) is 0.625. The Labute approximate surface area is 125 Å². The van der Waals surface area contributed by atoms with E-state index < -0.39 is 0 Å². The number of nitrogens with zero attached hydrogens (tertiary/aromatic N) is 1. The number of nitrogens with one attached hydrogen (secondary N) is 1. The van der Waals surface area contributed by atoms with Gasteiger partial charge in [-0.25, -0.2) is 0 Å². The first-order chi connectivity index (χ1) is 10.1. The molecule has 2 rings (SSSR count). The van der Waals surface area contributed by atoms with E-state index in [2.05, 4.69) is 12.2 Å². The molecule has 1 saturated carbocycles. The van der Waals surface area contributed by atoms with Crippen LogP contribution in [-0.4, -0.2) is 18.1 Å². The number of non-ortho nitro benzene ring substituents is 1. The predicted octanol–water partition coefficient (Wildman–Crippen LogP) is 3.66. The van der Waals surface area contributed by atoms with Crippen LogP contribution in [0, 0.1) is 16.0 Å². The summed E-state index contributed by atoms with van der Waals surface area (Å²) in [6.07, 6.45) is 6.54. The molecule has 1 fully saturated rings. The lowest BCUT2D eigenvalue weighted by Gasteiger charge is -2.28. The standard InChI is InChI=1S/C16H24N2O3/c1-12(13-6-4-3-5-7-13)17-11-14-10-15(18(19)20)8-9-16(14)21-2/h8-10,12-13,17H,3-7,11H2,1-2H3/t12-/m0/s1. The molecule has 1 N–H and O–H groups in total. The van der Waals surface area contributed by atoms with Crippen LogP contribution < -0.4 is 10.1 Å². The Morgan fingerprint density at radius 3 is 2.71 bits per heavy atom. The molecule has 116 valence electrons. The van der Waals surface area contributed by atoms with Gasteiger partial charge < -0.3 is 10.1 Å². The quantitative estimate of drug-likeness (QED) is 0.642. The summed E-state index contributed by atoms with van der Waals surface area (Å²) in [5.41, 5.74) is 0.951. The number of methoxy groups -OCH3 is 1. The Balaban J connectivity index is 2.00. The Bertz CT molecular complexity index is 484. The van der Waals surface area contributed by atoms with E-state index in [0.717, 1.165) is 5.56 Å². The van der Waals surface area contributed by atoms with Crippen molar-refractivity contribution in [3.8, 4) is 5.75 Å². The number of ether oxygens (including phenoxy) is 1. The number of rotatable bonds is 6. The molecule has 0 amide bonds. The Kier molecular flexibility index (Phi) is 5.56. The van der Waals surface area contributed by atoms with Gasteiger partial charge in [0, 0.05) is 30.3 Å². The molecular weight excluding hydrogens is 268 g/mol. The van der Waals surface area contributed by atoms with Crippen molar-refractivity contribution in [2.75, 3.05) is 7.11 Å². The SMILES string of the molecule is COc1ccc([N+](=O)[O-])cc1CN[C@@H](C)C1CCCCC1. The first-order valence-electron chi connectivity index (χ1n) is 7.66. The van der Waals surface area contributed by atoms with Gasteiger partial charge in [0.25, 0.3) is 5.69 Å². The van der Waals surface area contributed by atoms with Crippen LogP contribution in [0.3, 0.4) is 0 Å². The van der Waals surface area contributed by atoms with Crippen LogP contribution in [0.5, 0.6) is 5.75 Å². The summed E-state index contributed by atoms with van der Waals surface area (Å²) in [7, 11) is 1.59. The van der Waals surface area contributed by atoms with Crippen LogP contribution in [0.25, 0.3) is 0 Å². The molecule has 5 heteroatoms. The molecule has 0 saturated heterocycles. The van der Waals surface area contributed by atoms with Crippen molar-refractivity contribution in [1.82, 2.24) is 5.32 Å². The van der Waals surface area contributed by atoms with E-state index in [1.165, 1.54) is 38.2 Å². The van der Waals surface area contributed by atoms with Crippen molar-refractivity contribution < 1.29 is 9.66 Å². The first kappa shape index (κ1) is 15.8. The van der Waals surface area contributed by atoms with Gasteiger partial charge in [0.15, 0.2) is 0 Å². The van der Waals surface area contributed by atoms with Crippen molar-refractivity contribution in [3.05, 3.63) is 33.9 Å². The molecule has 1 aromatic rings. The van der Waals surface area contributed by atoms with Crippen LogP contribution in [0.1, 0.15) is 44.6 Å². The zero-order valence-corrected chi connectivity index (χ0v) is 12.8. The Morgan fingerprint density at radius 2 is 2.10 bits per heavy atom. The zero-order chi connectivity index (χ0) is 15.2. The summed E-state index contributed by atoms with van der Waals surface area (Å²) in [6, 6.07) is 5.17. The third kappa shape index (κ3) is 4.17. The van der Waals surface area contributed by atoms with Crippen molar-refractivity contribution in [2.45, 2.75) is 51.6 Å². The molecule has 0 bridgehead atoms. The fourth-order valence-electron chi connectivity index (χ4n) is 3.09. The molecule has 0 unspecified atom stereocenters. The third-order valence-electron chi connectivity index (χ3n) is 4.45. The monoisotopic (exact) mass is 292 g/mol. The lowest BCUT2D eigenvalue weighted by atomic mass is 9.84. The Morgan fingerprint density at radius 1 is 1.38 bits per heavy atom. The predicted molar refractivity (Wildman–Crippen MR) is 82.5 cm³/mol. The topological polar surface area (TPSA) is 64.4 Å². The summed E-state index contributed by atoms with van der Waals surface area (Å²) in [5, 5.41) is 14.4. The molecule has 0 heterocycles. The van der Waals surface area contributed by atoms with Gasteiger partial charge in [0.2, 0.25) is 0 Å². The minimum absolute atomic E-state index is 0.109. The highest BCUT2D eigenvalue weighted by Crippen LogP contribution is 2.28. The van der Waals surface area contributed by atoms with Crippen molar-refractivity contribution in [3.63, 3.8) is 0 Å². The smallest absolute Gasteiger partial charge is 0.270 e. The van der Waals surface area contributed by atoms with Crippen LogP contribution in [-0.2, 0) is 6.54 Å². The molecule has 5 nitrogen and oxygen atoms in total. The fourth-order valence-corrected chi connectivity index (χ4v) is 3.09. The second kappa shape index (κ2) is 7.41. The van der Waals surface area contributed by atoms with Crippen molar-refractivity contribution in [2.24, 2.45) is 5.92 Å². The molecule has 0 spiro atoms. The minimum atomic E-state index is -0.368. The second-order valence-corrected chi connectivity index (χ2v) is 5.82. The summed E-state index contributed by atoms with van der Waals surface area (Å²) in [6.45, 7) is 2.81. The van der Waals surface area contributed by atoms with Gasteiger partial charge in [-0.2, -0.15) is 0 Å². The molecule has 1 aliphatic carbocycles. The van der Waals surface area contributed by atoms with Crippen LogP contribution in [0.15, 0.2) is 18.2 Å². The van der Waals surface area contributed by atoms with Crippen molar-refractivity contribution >= 4 is 5.69 Å². The summed E-state index contributed by atoms with van der Waals surface area (Å²) in [4.78, 5) is 10.5. The maximum absolute atomic E-state index is 10.9. The van der Waals surface area contributed by atoms with Gasteiger partial charge in [-0.1, -0.05) is 19.3 Å². The zero-order valence-electron chi connectivity index (χ0n) is 12.8. The lowest BCUT2D eigenvalue weighted by Crippen LogP contribution is -2.34. The molecule has 0 aromatic heterocycles. The number of hydrogen-bond donors (Lipinski definition) is 1. The van der Waals surface area contributed by atoms with E-state index in [4.69, 9.17) is 4.74 Å². The average molecular weight is 292 g/mol. The maximum Gasteiger partial charge on any atom is 0.270 e. The molecule has 1 aliphatic rings. The highest BCUT2D eigenvalue weighted by atomic mass is 16.6. The average Bonchev–Trinajstić information content (AvgIpc) is 2.53. The molecule has 0 aliphatic heterocycles. The molecule has 21 heavy (non-hydrogen) atoms. The van der Waals surface area contributed by atoms with Crippen LogP contribution in [0.2, 0.25) is 0 Å². The number of hydrogen-bond acceptors (Lipinski definition) is 4. The molecular formula is C16H24N2O3. The van der Waals surface area contributed by atoms with Crippen molar-refractivity contribution in [1.29, 1.82) is 0 Å². The third-order valence-corrected chi connectivity index (χ3v) is 4.45. The lowest BCUT2D eigenvalue weighted by molar-refractivity contribution is -0.384. The molecule has 1 aromatic carbocycles. The normalized spacial score (nSPS) is 17.4. The van der Waals surface area contributed by atoms with Gasteiger partial charge in [0.1, 0.15) is 5.75 Å². The van der Waals surface area contributed by atoms with Crippen LogP contribution in [0.4, 0.5) is 5.69 Å². The van der Waals surface area contributed by atoms with Gasteiger partial charge in [-0.05, 0) is 31.7 Å². The van der Waals surface area contributed by atoms with E-state index >= 15 is 0 Å². The highest BCUT2D eigenvalue weighted by Gasteiger charge is 2.20. The van der Waals surface area contributed by atoms with Gasteiger partial charge in [0.05, 0.1) is 12.0 Å². The number of nitro groups is 1. The summed E-state index contributed by atoms with van der Waals surface area (Å²) >= 11 is 0. The largest absolute Gasteiger partial charge is 0.496 e. The van der Waals surface area contributed by atoms with Gasteiger partial charge in [-0.15, -0.1) is 0 Å². The summed E-state index contributed by atoms with van der Waals surface area (Å²) in [5.74, 6) is 1.41. The van der Waals surface area contributed by atoms with E-state index in [9.17, 15) is 10.1 Å². The molecule has 1 atom stereocenters. The maximum atomic E-state index is 10.9. The van der Waals surface area contributed by atoms with Gasteiger partial charge >= 0.3 is 0 Å². The van der Waals surface area contributed by atoms with E-state index in [1.807, 2.05) is 0 Å². The summed E-state index contributed by atoms with van der Waals surface area (Å²) < 4.78 is 5.30. The minimum Gasteiger partial charge on any atom is -0.496 e. The Hall–Kier alpha value is -1.62. The second-order valence-electron chi connectivity index (χ2n) is 5.82. The highest BCUT2D eigenvalue weighted by molar-refractivity contribution is 5.43. The first-order valence-corrected chi connectivity index (χ1v) is 7.66. The number of nitro benzene ring substituents is 1. The molecule has 0 radical (unpaired) electrons. The van der Waals surface area contributed by atoms with Crippen LogP contribution >= 0.6 is 0 Å². The number of benzene rings is 1. The van der Waals surface area contributed by atoms with E-state index in [0.29, 0.717) is 24.3 Å². The van der Waals surface area contributed by atoms with E-state index in [1.54, 1.807) is 19.2 Å². The van der Waals surface area contributed by atoms with E-state index in [-0.39, 0.29) is 10.6 Å².